The zero-order valence-corrected chi connectivity index (χ0v) is 8.26. The number of piperidine rings is 1. The summed E-state index contributed by atoms with van der Waals surface area (Å²) in [6.45, 7) is 5.02. The molecule has 0 amide bonds. The molecule has 0 spiro atoms. The topological polar surface area (TPSA) is 3.24 Å². The van der Waals surface area contributed by atoms with Crippen molar-refractivity contribution in [2.45, 2.75) is 38.7 Å². The number of hydrogen-bond acceptors (Lipinski definition) is 1. The molecule has 0 aliphatic carbocycles. The first kappa shape index (κ1) is 10.6. The van der Waals surface area contributed by atoms with E-state index < -0.39 is 5.92 Å². The Morgan fingerprint density at radius 2 is 1.85 bits per heavy atom. The van der Waals surface area contributed by atoms with E-state index in [4.69, 9.17) is 0 Å². The highest BCUT2D eigenvalue weighted by Crippen LogP contribution is 2.28. The minimum atomic E-state index is -2.42. The lowest BCUT2D eigenvalue weighted by atomic mass is 10.1. The number of allylic oxidation sites excluding steroid dienone is 1. The van der Waals surface area contributed by atoms with Crippen molar-refractivity contribution in [3.63, 3.8) is 0 Å². The summed E-state index contributed by atoms with van der Waals surface area (Å²) < 4.78 is 25.6. The Balaban J connectivity index is 2.40. The molecule has 1 unspecified atom stereocenters. The number of hydrogen-bond donors (Lipinski definition) is 0. The van der Waals surface area contributed by atoms with Gasteiger partial charge >= 0.3 is 0 Å². The summed E-state index contributed by atoms with van der Waals surface area (Å²) in [6, 6.07) is 0.293. The second-order valence-corrected chi connectivity index (χ2v) is 3.66. The number of alkyl halides is 2. The Morgan fingerprint density at radius 3 is 2.31 bits per heavy atom. The van der Waals surface area contributed by atoms with Crippen LogP contribution in [0.3, 0.4) is 0 Å². The molecule has 0 bridgehead atoms. The fourth-order valence-electron chi connectivity index (χ4n) is 1.66. The van der Waals surface area contributed by atoms with Crippen molar-refractivity contribution in [1.29, 1.82) is 0 Å². The fraction of sp³-hybridized carbons (Fsp3) is 0.800. The number of likely N-dealkylation sites (tertiary alicyclic amines) is 1. The number of rotatable bonds is 2. The van der Waals surface area contributed by atoms with Crippen LogP contribution >= 0.6 is 0 Å². The van der Waals surface area contributed by atoms with Crippen molar-refractivity contribution in [1.82, 2.24) is 4.90 Å². The smallest absolute Gasteiger partial charge is 0.250 e. The van der Waals surface area contributed by atoms with Crippen molar-refractivity contribution in [2.75, 3.05) is 13.1 Å². The van der Waals surface area contributed by atoms with Crippen molar-refractivity contribution in [2.24, 2.45) is 0 Å². The van der Waals surface area contributed by atoms with Gasteiger partial charge in [-0.05, 0) is 13.8 Å². The molecule has 0 aromatic rings. The van der Waals surface area contributed by atoms with E-state index >= 15 is 0 Å². The van der Waals surface area contributed by atoms with E-state index in [9.17, 15) is 8.78 Å². The highest BCUT2D eigenvalue weighted by Gasteiger charge is 2.34. The highest BCUT2D eigenvalue weighted by atomic mass is 19.3. The SMILES string of the molecule is C/C=C\C(C)N1CCC(F)(F)CC1. The van der Waals surface area contributed by atoms with Crippen LogP contribution in [0.15, 0.2) is 12.2 Å². The molecule has 1 saturated heterocycles. The quantitative estimate of drug-likeness (QED) is 0.604. The lowest BCUT2D eigenvalue weighted by Gasteiger charge is -2.34. The first-order valence-corrected chi connectivity index (χ1v) is 4.80. The standard InChI is InChI=1S/C10H17F2N/c1-3-4-9(2)13-7-5-10(11,12)6-8-13/h3-4,9H,5-8H2,1-2H3/b4-3-. The van der Waals surface area contributed by atoms with Gasteiger partial charge in [-0.15, -0.1) is 0 Å². The van der Waals surface area contributed by atoms with E-state index in [0.29, 0.717) is 19.1 Å². The van der Waals surface area contributed by atoms with Crippen LogP contribution in [0.4, 0.5) is 8.78 Å². The second kappa shape index (κ2) is 4.18. The minimum Gasteiger partial charge on any atom is -0.297 e. The van der Waals surface area contributed by atoms with Gasteiger partial charge in [-0.1, -0.05) is 12.2 Å². The summed E-state index contributed by atoms with van der Waals surface area (Å²) in [5.41, 5.74) is 0. The Morgan fingerprint density at radius 1 is 1.31 bits per heavy atom. The summed E-state index contributed by atoms with van der Waals surface area (Å²) in [6.07, 6.45) is 4.03. The molecule has 0 N–H and O–H groups in total. The Labute approximate surface area is 78.4 Å². The molecule has 13 heavy (non-hydrogen) atoms. The molecule has 1 atom stereocenters. The molecule has 0 radical (unpaired) electrons. The van der Waals surface area contributed by atoms with Gasteiger partial charge < -0.3 is 0 Å². The van der Waals surface area contributed by atoms with Gasteiger partial charge in [0.25, 0.3) is 5.92 Å². The van der Waals surface area contributed by atoms with Crippen LogP contribution in [0.2, 0.25) is 0 Å². The van der Waals surface area contributed by atoms with Gasteiger partial charge in [0.15, 0.2) is 0 Å². The molecule has 0 aromatic heterocycles. The van der Waals surface area contributed by atoms with Gasteiger partial charge in [-0.3, -0.25) is 4.90 Å². The maximum Gasteiger partial charge on any atom is 0.250 e. The second-order valence-electron chi connectivity index (χ2n) is 3.66. The summed E-state index contributed by atoms with van der Waals surface area (Å²) in [4.78, 5) is 2.09. The summed E-state index contributed by atoms with van der Waals surface area (Å²) in [7, 11) is 0. The predicted octanol–water partition coefficient (Wildman–Crippen LogP) is 2.68. The molecule has 1 aliphatic heterocycles. The molecule has 3 heteroatoms. The summed E-state index contributed by atoms with van der Waals surface area (Å²) >= 11 is 0. The first-order chi connectivity index (χ1) is 6.05. The van der Waals surface area contributed by atoms with E-state index in [1.54, 1.807) is 0 Å². The van der Waals surface area contributed by atoms with Crippen LogP contribution in [0.25, 0.3) is 0 Å². The lowest BCUT2D eigenvalue weighted by molar-refractivity contribution is -0.0585. The molecule has 1 fully saturated rings. The van der Waals surface area contributed by atoms with Crippen molar-refractivity contribution >= 4 is 0 Å². The van der Waals surface area contributed by atoms with Gasteiger partial charge in [-0.2, -0.15) is 0 Å². The molecule has 1 heterocycles. The minimum absolute atomic E-state index is 0.00882. The normalized spacial score (nSPS) is 26.5. The van der Waals surface area contributed by atoms with Crippen LogP contribution in [-0.2, 0) is 0 Å². The van der Waals surface area contributed by atoms with Gasteiger partial charge in [0.05, 0.1) is 0 Å². The Hall–Kier alpha value is -0.440. The molecule has 0 aromatic carbocycles. The maximum absolute atomic E-state index is 12.8. The third kappa shape index (κ3) is 3.07. The van der Waals surface area contributed by atoms with E-state index in [0.717, 1.165) is 0 Å². The van der Waals surface area contributed by atoms with Crippen LogP contribution in [0.1, 0.15) is 26.7 Å². The summed E-state index contributed by atoms with van der Waals surface area (Å²) in [5.74, 6) is -2.42. The monoisotopic (exact) mass is 189 g/mol. The van der Waals surface area contributed by atoms with Gasteiger partial charge in [0.2, 0.25) is 0 Å². The van der Waals surface area contributed by atoms with E-state index in [1.165, 1.54) is 0 Å². The average Bonchev–Trinajstić information content (AvgIpc) is 2.04. The molecule has 0 saturated carbocycles. The first-order valence-electron chi connectivity index (χ1n) is 4.80. The van der Waals surface area contributed by atoms with Crippen LogP contribution in [-0.4, -0.2) is 30.0 Å². The lowest BCUT2D eigenvalue weighted by Crippen LogP contribution is -2.43. The van der Waals surface area contributed by atoms with Crippen LogP contribution < -0.4 is 0 Å². The van der Waals surface area contributed by atoms with Gasteiger partial charge in [-0.25, -0.2) is 8.78 Å². The molecular formula is C10H17F2N. The zero-order valence-electron chi connectivity index (χ0n) is 8.26. The van der Waals surface area contributed by atoms with Gasteiger partial charge in [0.1, 0.15) is 0 Å². The third-order valence-corrected chi connectivity index (χ3v) is 2.58. The van der Waals surface area contributed by atoms with Crippen molar-refractivity contribution in [3.05, 3.63) is 12.2 Å². The fourth-order valence-corrected chi connectivity index (χ4v) is 1.66. The Kier molecular flexibility index (Phi) is 3.42. The van der Waals surface area contributed by atoms with E-state index in [2.05, 4.69) is 4.90 Å². The van der Waals surface area contributed by atoms with E-state index in [-0.39, 0.29) is 12.8 Å². The zero-order chi connectivity index (χ0) is 9.90. The average molecular weight is 189 g/mol. The number of halogens is 2. The van der Waals surface area contributed by atoms with Crippen molar-refractivity contribution < 1.29 is 8.78 Å². The third-order valence-electron chi connectivity index (χ3n) is 2.58. The molecule has 1 aliphatic rings. The van der Waals surface area contributed by atoms with Crippen LogP contribution in [0, 0.1) is 0 Å². The van der Waals surface area contributed by atoms with Crippen LogP contribution in [0.5, 0.6) is 0 Å². The van der Waals surface area contributed by atoms with E-state index in [1.807, 2.05) is 26.0 Å². The highest BCUT2D eigenvalue weighted by molar-refractivity contribution is 4.92. The largest absolute Gasteiger partial charge is 0.297 e. The molecule has 1 rings (SSSR count). The number of nitrogens with zero attached hydrogens (tertiary/aromatic N) is 1. The molecular weight excluding hydrogens is 172 g/mol. The summed E-state index contributed by atoms with van der Waals surface area (Å²) in [5, 5.41) is 0. The molecule has 76 valence electrons. The maximum atomic E-state index is 12.8. The van der Waals surface area contributed by atoms with Crippen molar-refractivity contribution in [3.8, 4) is 0 Å². The predicted molar refractivity (Wildman–Crippen MR) is 50.0 cm³/mol. The molecule has 1 nitrogen and oxygen atoms in total. The Bertz CT molecular complexity index is 179. The van der Waals surface area contributed by atoms with Gasteiger partial charge in [0, 0.05) is 32.0 Å².